The van der Waals surface area contributed by atoms with Gasteiger partial charge in [-0.05, 0) is 12.1 Å². The molecule has 0 saturated carbocycles. The van der Waals surface area contributed by atoms with Crippen LogP contribution in [0.15, 0.2) is 28.9 Å². The van der Waals surface area contributed by atoms with E-state index in [1.165, 1.54) is 18.4 Å². The average molecular weight is 244 g/mol. The number of oxazole rings is 1. The predicted molar refractivity (Wildman–Crippen MR) is 53.9 cm³/mol. The van der Waals surface area contributed by atoms with E-state index in [2.05, 4.69) is 4.98 Å². The van der Waals surface area contributed by atoms with E-state index < -0.39 is 5.82 Å². The Balaban J connectivity index is 2.17. The monoisotopic (exact) mass is 243 g/mol. The summed E-state index contributed by atoms with van der Waals surface area (Å²) < 4.78 is 23.0. The van der Waals surface area contributed by atoms with Gasteiger partial charge in [-0.25, -0.2) is 4.39 Å². The minimum Gasteiger partial charge on any atom is -0.417 e. The molecule has 4 nitrogen and oxygen atoms in total. The molecule has 0 atom stereocenters. The molecule has 0 aliphatic heterocycles. The SMILES string of the molecule is OCc1coc(Oc2ccc(Cl)c(F)c2)n1. The first-order chi connectivity index (χ1) is 7.69. The van der Waals surface area contributed by atoms with Crippen molar-refractivity contribution in [1.29, 1.82) is 0 Å². The second kappa shape index (κ2) is 4.51. The Hall–Kier alpha value is -1.59. The molecule has 2 aromatic rings. The molecule has 1 N–H and O–H groups in total. The molecule has 0 unspecified atom stereocenters. The summed E-state index contributed by atoms with van der Waals surface area (Å²) in [5, 5.41) is 8.75. The molecular formula is C10H7ClFNO3. The molecule has 0 radical (unpaired) electrons. The van der Waals surface area contributed by atoms with E-state index in [1.54, 1.807) is 0 Å². The molecule has 6 heteroatoms. The number of hydrogen-bond acceptors (Lipinski definition) is 4. The number of nitrogens with zero attached hydrogens (tertiary/aromatic N) is 1. The summed E-state index contributed by atoms with van der Waals surface area (Å²) in [5.74, 6) is -0.374. The number of benzene rings is 1. The Morgan fingerprint density at radius 2 is 2.31 bits per heavy atom. The molecule has 0 saturated heterocycles. The van der Waals surface area contributed by atoms with Crippen molar-refractivity contribution < 1.29 is 18.7 Å². The van der Waals surface area contributed by atoms with Crippen LogP contribution in [0.3, 0.4) is 0 Å². The zero-order valence-electron chi connectivity index (χ0n) is 7.98. The number of halogens is 2. The minimum atomic E-state index is -0.590. The van der Waals surface area contributed by atoms with Gasteiger partial charge in [0.05, 0.1) is 11.6 Å². The summed E-state index contributed by atoms with van der Waals surface area (Å²) in [7, 11) is 0. The van der Waals surface area contributed by atoms with Gasteiger partial charge in [-0.2, -0.15) is 4.98 Å². The zero-order chi connectivity index (χ0) is 11.5. The fourth-order valence-electron chi connectivity index (χ4n) is 1.05. The Bertz CT molecular complexity index is 501. The van der Waals surface area contributed by atoms with Crippen molar-refractivity contribution in [1.82, 2.24) is 4.98 Å². The number of hydrogen-bond donors (Lipinski definition) is 1. The summed E-state index contributed by atoms with van der Waals surface area (Å²) in [6.45, 7) is -0.248. The average Bonchev–Trinajstić information content (AvgIpc) is 2.71. The van der Waals surface area contributed by atoms with Gasteiger partial charge in [0, 0.05) is 6.07 Å². The van der Waals surface area contributed by atoms with E-state index in [1.807, 2.05) is 0 Å². The van der Waals surface area contributed by atoms with Crippen LogP contribution in [-0.2, 0) is 6.61 Å². The van der Waals surface area contributed by atoms with Crippen LogP contribution < -0.4 is 4.74 Å². The van der Waals surface area contributed by atoms with Crippen LogP contribution in [0.25, 0.3) is 0 Å². The van der Waals surface area contributed by atoms with Crippen LogP contribution in [-0.4, -0.2) is 10.1 Å². The standard InChI is InChI=1S/C10H7ClFNO3/c11-8-2-1-7(3-9(8)12)16-10-13-6(4-14)5-15-10/h1-3,5,14H,4H2. The lowest BCUT2D eigenvalue weighted by molar-refractivity contribution is 0.276. The van der Waals surface area contributed by atoms with Crippen LogP contribution in [0.4, 0.5) is 4.39 Å². The molecule has 1 aromatic heterocycles. The molecule has 84 valence electrons. The highest BCUT2D eigenvalue weighted by Crippen LogP contribution is 2.24. The molecule has 2 rings (SSSR count). The van der Waals surface area contributed by atoms with Gasteiger partial charge in [-0.1, -0.05) is 11.6 Å². The predicted octanol–water partition coefficient (Wildman–Crippen LogP) is 2.75. The van der Waals surface area contributed by atoms with Gasteiger partial charge in [-0.15, -0.1) is 0 Å². The van der Waals surface area contributed by atoms with E-state index in [-0.39, 0.29) is 23.5 Å². The fraction of sp³-hybridized carbons (Fsp3) is 0.100. The van der Waals surface area contributed by atoms with Crippen molar-refractivity contribution in [2.45, 2.75) is 6.61 Å². The molecule has 0 spiro atoms. The maximum absolute atomic E-state index is 13.1. The summed E-state index contributed by atoms with van der Waals surface area (Å²) >= 11 is 5.51. The number of aromatic nitrogens is 1. The maximum atomic E-state index is 13.1. The number of ether oxygens (including phenoxy) is 1. The molecule has 1 heterocycles. The number of rotatable bonds is 3. The molecule has 0 aliphatic rings. The second-order valence-corrected chi connectivity index (χ2v) is 3.35. The Kier molecular flexibility index (Phi) is 3.07. The lowest BCUT2D eigenvalue weighted by Crippen LogP contribution is -1.87. The normalized spacial score (nSPS) is 10.4. The highest BCUT2D eigenvalue weighted by atomic mass is 35.5. The van der Waals surface area contributed by atoms with Gasteiger partial charge in [0.1, 0.15) is 23.5 Å². The maximum Gasteiger partial charge on any atom is 0.399 e. The van der Waals surface area contributed by atoms with Crippen LogP contribution in [0.2, 0.25) is 5.02 Å². The first-order valence-electron chi connectivity index (χ1n) is 4.37. The molecule has 0 aliphatic carbocycles. The summed E-state index contributed by atoms with van der Waals surface area (Å²) in [6, 6.07) is 3.96. The first-order valence-corrected chi connectivity index (χ1v) is 4.75. The summed E-state index contributed by atoms with van der Waals surface area (Å²) in [4.78, 5) is 3.78. The quantitative estimate of drug-likeness (QED) is 0.901. The van der Waals surface area contributed by atoms with E-state index in [9.17, 15) is 4.39 Å². The van der Waals surface area contributed by atoms with Crippen molar-refractivity contribution in [2.75, 3.05) is 0 Å². The summed E-state index contributed by atoms with van der Waals surface area (Å²) in [5.41, 5.74) is 0.337. The molecule has 0 bridgehead atoms. The Morgan fingerprint density at radius 1 is 1.50 bits per heavy atom. The molecule has 0 fully saturated rings. The van der Waals surface area contributed by atoms with Crippen LogP contribution in [0, 0.1) is 5.82 Å². The first kappa shape index (κ1) is 10.9. The lowest BCUT2D eigenvalue weighted by atomic mass is 10.3. The highest BCUT2D eigenvalue weighted by Gasteiger charge is 2.07. The van der Waals surface area contributed by atoms with Gasteiger partial charge < -0.3 is 14.3 Å². The number of aliphatic hydroxyl groups excluding tert-OH is 1. The smallest absolute Gasteiger partial charge is 0.399 e. The van der Waals surface area contributed by atoms with Crippen LogP contribution in [0.1, 0.15) is 5.69 Å². The lowest BCUT2D eigenvalue weighted by Gasteiger charge is -2.00. The fourth-order valence-corrected chi connectivity index (χ4v) is 1.17. The van der Waals surface area contributed by atoms with Crippen molar-refractivity contribution in [3.05, 3.63) is 41.0 Å². The van der Waals surface area contributed by atoms with Crippen molar-refractivity contribution in [3.63, 3.8) is 0 Å². The van der Waals surface area contributed by atoms with Gasteiger partial charge in [0.2, 0.25) is 0 Å². The third-order valence-corrected chi connectivity index (χ3v) is 2.10. The van der Waals surface area contributed by atoms with Crippen molar-refractivity contribution in [2.24, 2.45) is 0 Å². The van der Waals surface area contributed by atoms with Gasteiger partial charge >= 0.3 is 6.08 Å². The van der Waals surface area contributed by atoms with E-state index in [0.29, 0.717) is 5.69 Å². The Morgan fingerprint density at radius 3 is 2.94 bits per heavy atom. The van der Waals surface area contributed by atoms with Gasteiger partial charge in [0.25, 0.3) is 0 Å². The van der Waals surface area contributed by atoms with Gasteiger partial charge in [-0.3, -0.25) is 0 Å². The minimum absolute atomic E-state index is 0.0100. The Labute approximate surface area is 95.2 Å². The van der Waals surface area contributed by atoms with E-state index in [0.717, 1.165) is 6.07 Å². The van der Waals surface area contributed by atoms with Gasteiger partial charge in [0.15, 0.2) is 0 Å². The largest absolute Gasteiger partial charge is 0.417 e. The molecule has 0 amide bonds. The molecule has 16 heavy (non-hydrogen) atoms. The second-order valence-electron chi connectivity index (χ2n) is 2.94. The van der Waals surface area contributed by atoms with E-state index >= 15 is 0 Å². The zero-order valence-corrected chi connectivity index (χ0v) is 8.74. The third-order valence-electron chi connectivity index (χ3n) is 1.79. The molecule has 1 aromatic carbocycles. The van der Waals surface area contributed by atoms with Crippen molar-refractivity contribution >= 4 is 11.6 Å². The van der Waals surface area contributed by atoms with Crippen molar-refractivity contribution in [3.8, 4) is 11.8 Å². The number of aliphatic hydroxyl groups is 1. The molecular weight excluding hydrogens is 237 g/mol. The van der Waals surface area contributed by atoms with Crippen LogP contribution in [0.5, 0.6) is 11.8 Å². The van der Waals surface area contributed by atoms with E-state index in [4.69, 9.17) is 25.9 Å². The summed E-state index contributed by atoms with van der Waals surface area (Å²) in [6.07, 6.45) is 1.19. The third kappa shape index (κ3) is 2.32. The van der Waals surface area contributed by atoms with Crippen LogP contribution >= 0.6 is 11.6 Å². The topological polar surface area (TPSA) is 55.5 Å². The highest BCUT2D eigenvalue weighted by molar-refractivity contribution is 6.30.